The number of para-hydroxylation sites is 1. The molecule has 0 spiro atoms. The molecule has 9 nitrogen and oxygen atoms in total. The van der Waals surface area contributed by atoms with Crippen molar-refractivity contribution in [2.75, 3.05) is 0 Å². The number of ketones is 1. The summed E-state index contributed by atoms with van der Waals surface area (Å²) in [6, 6.07) is 20.8. The number of hydrogen-bond acceptors (Lipinski definition) is 6. The Bertz CT molecular complexity index is 1510. The van der Waals surface area contributed by atoms with Crippen LogP contribution in [0.1, 0.15) is 21.5 Å². The molecule has 0 fully saturated rings. The number of nitrogens with zero attached hydrogens (tertiary/aromatic N) is 4. The van der Waals surface area contributed by atoms with Gasteiger partial charge in [0.15, 0.2) is 0 Å². The number of nitriles is 1. The SMILES string of the molecule is N#CC(=Cc1cn(Cc2ccc([N+](=O)[O-])cc2)c2ccccc12)C(=O)c1cccc([N+](=O)[O-])c1. The second kappa shape index (κ2) is 9.18. The van der Waals surface area contributed by atoms with E-state index in [2.05, 4.69) is 0 Å². The van der Waals surface area contributed by atoms with Crippen LogP contribution < -0.4 is 0 Å². The Balaban J connectivity index is 1.72. The molecule has 0 aliphatic heterocycles. The number of benzene rings is 3. The van der Waals surface area contributed by atoms with Crippen molar-refractivity contribution in [1.29, 1.82) is 5.26 Å². The van der Waals surface area contributed by atoms with Crippen LogP contribution in [0.2, 0.25) is 0 Å². The maximum Gasteiger partial charge on any atom is 0.270 e. The van der Waals surface area contributed by atoms with E-state index in [4.69, 9.17) is 0 Å². The third-order valence-electron chi connectivity index (χ3n) is 5.30. The van der Waals surface area contributed by atoms with Gasteiger partial charge in [0.2, 0.25) is 5.78 Å². The van der Waals surface area contributed by atoms with Crippen molar-refractivity contribution in [2.45, 2.75) is 6.54 Å². The zero-order valence-corrected chi connectivity index (χ0v) is 17.6. The van der Waals surface area contributed by atoms with Gasteiger partial charge in [0.05, 0.1) is 9.85 Å². The Morgan fingerprint density at radius 3 is 2.32 bits per heavy atom. The molecule has 0 N–H and O–H groups in total. The van der Waals surface area contributed by atoms with Crippen molar-refractivity contribution in [3.63, 3.8) is 0 Å². The minimum absolute atomic E-state index is 0.00283. The number of Topliss-reactive ketones (excluding diaryl/α,β-unsaturated/α-hetero) is 1. The second-order valence-electron chi connectivity index (χ2n) is 7.46. The molecule has 0 atom stereocenters. The van der Waals surface area contributed by atoms with Gasteiger partial charge in [-0.05, 0) is 17.7 Å². The lowest BCUT2D eigenvalue weighted by molar-refractivity contribution is -0.385. The number of aromatic nitrogens is 1. The van der Waals surface area contributed by atoms with E-state index in [0.717, 1.165) is 22.5 Å². The van der Waals surface area contributed by atoms with Gasteiger partial charge < -0.3 is 4.57 Å². The van der Waals surface area contributed by atoms with Crippen LogP contribution in [-0.2, 0) is 6.54 Å². The Morgan fingerprint density at radius 1 is 0.941 bits per heavy atom. The predicted molar refractivity (Wildman–Crippen MR) is 125 cm³/mol. The molecule has 4 rings (SSSR count). The highest BCUT2D eigenvalue weighted by Crippen LogP contribution is 2.26. The van der Waals surface area contributed by atoms with Crippen LogP contribution in [0.5, 0.6) is 0 Å². The molecule has 0 saturated heterocycles. The lowest BCUT2D eigenvalue weighted by Crippen LogP contribution is -2.02. The normalized spacial score (nSPS) is 11.2. The van der Waals surface area contributed by atoms with Gasteiger partial charge in [-0.3, -0.25) is 25.0 Å². The lowest BCUT2D eigenvalue weighted by Gasteiger charge is -2.05. The summed E-state index contributed by atoms with van der Waals surface area (Å²) in [5.74, 6) is -0.613. The highest BCUT2D eigenvalue weighted by molar-refractivity contribution is 6.15. The highest BCUT2D eigenvalue weighted by atomic mass is 16.6. The van der Waals surface area contributed by atoms with E-state index in [-0.39, 0.29) is 22.5 Å². The molecular formula is C25H16N4O5. The molecule has 0 aliphatic carbocycles. The number of carbonyl (C=O) groups is 1. The first kappa shape index (κ1) is 22.1. The summed E-state index contributed by atoms with van der Waals surface area (Å²) in [6.07, 6.45) is 3.26. The lowest BCUT2D eigenvalue weighted by atomic mass is 10.0. The largest absolute Gasteiger partial charge is 0.342 e. The standard InChI is InChI=1S/C25H16N4O5/c26-14-19(25(30)18-4-3-5-22(13-18)29(33)34)12-20-16-27(24-7-2-1-6-23(20)24)15-17-8-10-21(11-9-17)28(31)32/h1-13,16H,15H2. The Morgan fingerprint density at radius 2 is 1.65 bits per heavy atom. The van der Waals surface area contributed by atoms with Crippen LogP contribution in [-0.4, -0.2) is 20.2 Å². The number of allylic oxidation sites excluding steroid dienone is 1. The summed E-state index contributed by atoms with van der Waals surface area (Å²) in [7, 11) is 0. The maximum absolute atomic E-state index is 12.9. The average Bonchev–Trinajstić information content (AvgIpc) is 3.19. The summed E-state index contributed by atoms with van der Waals surface area (Å²) in [5.41, 5.74) is 2.00. The van der Waals surface area contributed by atoms with E-state index in [0.29, 0.717) is 12.1 Å². The second-order valence-corrected chi connectivity index (χ2v) is 7.46. The Kier molecular flexibility index (Phi) is 5.97. The number of carbonyl (C=O) groups excluding carboxylic acids is 1. The minimum Gasteiger partial charge on any atom is -0.342 e. The van der Waals surface area contributed by atoms with Gasteiger partial charge in [0.25, 0.3) is 11.4 Å². The van der Waals surface area contributed by atoms with Gasteiger partial charge in [-0.25, -0.2) is 0 Å². The van der Waals surface area contributed by atoms with Crippen LogP contribution in [0.3, 0.4) is 0 Å². The highest BCUT2D eigenvalue weighted by Gasteiger charge is 2.17. The number of rotatable bonds is 7. The van der Waals surface area contributed by atoms with Crippen LogP contribution in [0.4, 0.5) is 11.4 Å². The molecule has 9 heteroatoms. The Labute approximate surface area is 193 Å². The fraction of sp³-hybridized carbons (Fsp3) is 0.0400. The zero-order chi connectivity index (χ0) is 24.2. The third kappa shape index (κ3) is 4.42. The fourth-order valence-electron chi connectivity index (χ4n) is 3.66. The van der Waals surface area contributed by atoms with E-state index in [1.165, 1.54) is 36.4 Å². The van der Waals surface area contributed by atoms with Crippen molar-refractivity contribution < 1.29 is 14.6 Å². The third-order valence-corrected chi connectivity index (χ3v) is 5.30. The smallest absolute Gasteiger partial charge is 0.270 e. The zero-order valence-electron chi connectivity index (χ0n) is 17.6. The van der Waals surface area contributed by atoms with E-state index < -0.39 is 15.6 Å². The van der Waals surface area contributed by atoms with Gasteiger partial charge in [-0.1, -0.05) is 42.5 Å². The first-order valence-corrected chi connectivity index (χ1v) is 10.1. The minimum atomic E-state index is -0.613. The van der Waals surface area contributed by atoms with Crippen molar-refractivity contribution in [2.24, 2.45) is 0 Å². The molecule has 0 unspecified atom stereocenters. The molecule has 4 aromatic rings. The quantitative estimate of drug-likeness (QED) is 0.123. The number of nitro groups is 2. The van der Waals surface area contributed by atoms with Gasteiger partial charge in [-0.15, -0.1) is 0 Å². The number of nitro benzene ring substituents is 2. The molecule has 1 aromatic heterocycles. The molecule has 0 aliphatic rings. The molecule has 0 bridgehead atoms. The van der Waals surface area contributed by atoms with Crippen LogP contribution >= 0.6 is 0 Å². The van der Waals surface area contributed by atoms with Crippen molar-refractivity contribution in [3.8, 4) is 6.07 Å². The Hall–Kier alpha value is -5.10. The van der Waals surface area contributed by atoms with Gasteiger partial charge in [-0.2, -0.15) is 5.26 Å². The van der Waals surface area contributed by atoms with E-state index >= 15 is 0 Å². The molecular weight excluding hydrogens is 436 g/mol. The van der Waals surface area contributed by atoms with Crippen molar-refractivity contribution in [1.82, 2.24) is 4.57 Å². The maximum atomic E-state index is 12.9. The van der Waals surface area contributed by atoms with E-state index in [1.807, 2.05) is 34.9 Å². The first-order valence-electron chi connectivity index (χ1n) is 10.1. The summed E-state index contributed by atoms with van der Waals surface area (Å²) in [6.45, 7) is 0.424. The summed E-state index contributed by atoms with van der Waals surface area (Å²) in [4.78, 5) is 33.8. The van der Waals surface area contributed by atoms with Gasteiger partial charge >= 0.3 is 0 Å². The van der Waals surface area contributed by atoms with Crippen LogP contribution in [0.15, 0.2) is 84.6 Å². The molecule has 0 radical (unpaired) electrons. The van der Waals surface area contributed by atoms with Gasteiger partial charge in [0, 0.05) is 59.0 Å². The molecule has 3 aromatic carbocycles. The van der Waals surface area contributed by atoms with E-state index in [9.17, 15) is 30.3 Å². The average molecular weight is 452 g/mol. The topological polar surface area (TPSA) is 132 Å². The molecule has 1 heterocycles. The monoisotopic (exact) mass is 452 g/mol. The summed E-state index contributed by atoms with van der Waals surface area (Å²) < 4.78 is 1.93. The van der Waals surface area contributed by atoms with Gasteiger partial charge in [0.1, 0.15) is 11.6 Å². The predicted octanol–water partition coefficient (Wildman–Crippen LogP) is 5.30. The number of hydrogen-bond donors (Lipinski definition) is 0. The molecule has 34 heavy (non-hydrogen) atoms. The number of fused-ring (bicyclic) bond motifs is 1. The fourth-order valence-corrected chi connectivity index (χ4v) is 3.66. The summed E-state index contributed by atoms with van der Waals surface area (Å²) in [5, 5.41) is 32.4. The number of non-ortho nitro benzene ring substituents is 2. The molecule has 166 valence electrons. The van der Waals surface area contributed by atoms with E-state index in [1.54, 1.807) is 18.3 Å². The van der Waals surface area contributed by atoms with Crippen molar-refractivity contribution >= 4 is 34.1 Å². The molecule has 0 amide bonds. The first-order chi connectivity index (χ1) is 16.4. The van der Waals surface area contributed by atoms with Crippen LogP contribution in [0.25, 0.3) is 17.0 Å². The van der Waals surface area contributed by atoms with Crippen LogP contribution in [0, 0.1) is 31.6 Å². The summed E-state index contributed by atoms with van der Waals surface area (Å²) >= 11 is 0. The molecule has 0 saturated carbocycles. The van der Waals surface area contributed by atoms with Crippen molar-refractivity contribution in [3.05, 3.63) is 121 Å².